The number of ether oxygens (including phenoxy) is 2. The second kappa shape index (κ2) is 17.2. The Labute approximate surface area is 318 Å². The van der Waals surface area contributed by atoms with E-state index in [0.717, 1.165) is 88.1 Å². The number of aromatic nitrogens is 3. The zero-order valence-electron chi connectivity index (χ0n) is 31.2. The van der Waals surface area contributed by atoms with Crippen molar-refractivity contribution < 1.29 is 9.47 Å². The fraction of sp³-hybridized carbons (Fsp3) is 0.283. The molecule has 2 N–H and O–H groups in total. The molecule has 8 rings (SSSR count). The molecule has 7 aromatic rings. The molecule has 0 atom stereocenters. The van der Waals surface area contributed by atoms with Crippen LogP contribution in [-0.2, 0) is 39.4 Å². The van der Waals surface area contributed by atoms with Crippen LogP contribution < -0.4 is 9.47 Å². The minimum atomic E-state index is 0.389. The van der Waals surface area contributed by atoms with Gasteiger partial charge in [-0.2, -0.15) is 0 Å². The van der Waals surface area contributed by atoms with Crippen LogP contribution in [0.25, 0.3) is 21.8 Å². The Bertz CT molecular complexity index is 2120. The van der Waals surface area contributed by atoms with Crippen molar-refractivity contribution in [3.63, 3.8) is 0 Å². The summed E-state index contributed by atoms with van der Waals surface area (Å²) in [5, 5.41) is 2.50. The molecular formula is C46H50N6O2. The van der Waals surface area contributed by atoms with Crippen molar-refractivity contribution in [2.45, 2.75) is 52.2 Å². The van der Waals surface area contributed by atoms with Gasteiger partial charge in [0, 0.05) is 73.8 Å². The Morgan fingerprint density at radius 2 is 1.06 bits per heavy atom. The first-order chi connectivity index (χ1) is 26.6. The van der Waals surface area contributed by atoms with Gasteiger partial charge in [-0.05, 0) is 116 Å². The minimum Gasteiger partial charge on any atom is -0.487 e. The first kappa shape index (κ1) is 35.6. The monoisotopic (exact) mass is 718 g/mol. The van der Waals surface area contributed by atoms with E-state index in [-0.39, 0.29) is 0 Å². The summed E-state index contributed by atoms with van der Waals surface area (Å²) in [4.78, 5) is 19.2. The predicted molar refractivity (Wildman–Crippen MR) is 217 cm³/mol. The molecule has 0 spiro atoms. The molecule has 0 fully saturated rings. The maximum absolute atomic E-state index is 6.49. The van der Waals surface area contributed by atoms with E-state index in [4.69, 9.17) is 14.5 Å². The van der Waals surface area contributed by atoms with Gasteiger partial charge in [0.1, 0.15) is 24.7 Å². The molecule has 1 aliphatic heterocycles. The van der Waals surface area contributed by atoms with E-state index in [0.29, 0.717) is 13.2 Å². The number of nitrogens with one attached hydrogen (secondary N) is 2. The molecule has 0 aliphatic carbocycles. The highest BCUT2D eigenvalue weighted by atomic mass is 16.5. The highest BCUT2D eigenvalue weighted by Crippen LogP contribution is 2.26. The Kier molecular flexibility index (Phi) is 11.3. The lowest BCUT2D eigenvalue weighted by Gasteiger charge is -2.27. The quantitative estimate of drug-likeness (QED) is 0.190. The van der Waals surface area contributed by atoms with Crippen LogP contribution in [0.3, 0.4) is 0 Å². The van der Waals surface area contributed by atoms with E-state index in [1.807, 2.05) is 30.6 Å². The van der Waals surface area contributed by atoms with Crippen LogP contribution in [0.4, 0.5) is 0 Å². The van der Waals surface area contributed by atoms with Crippen LogP contribution in [0, 0.1) is 0 Å². The third-order valence-electron chi connectivity index (χ3n) is 10.4. The Balaban J connectivity index is 1.04. The number of nitrogens with zero attached hydrogens (tertiary/aromatic N) is 4. The summed E-state index contributed by atoms with van der Waals surface area (Å²) in [6.07, 6.45) is 6.18. The minimum absolute atomic E-state index is 0.389. The first-order valence-corrected chi connectivity index (χ1v) is 19.2. The number of hydrogen-bond acceptors (Lipinski definition) is 6. The van der Waals surface area contributed by atoms with E-state index in [1.165, 1.54) is 44.1 Å². The molecule has 4 heterocycles. The smallest absolute Gasteiger partial charge is 0.130 e. The summed E-state index contributed by atoms with van der Waals surface area (Å²) in [5.74, 6) is 1.80. The summed E-state index contributed by atoms with van der Waals surface area (Å²) in [6, 6.07) is 40.8. The highest BCUT2D eigenvalue weighted by Gasteiger charge is 2.16. The van der Waals surface area contributed by atoms with Gasteiger partial charge in [-0.3, -0.25) is 14.8 Å². The average molecular weight is 719 g/mol. The van der Waals surface area contributed by atoms with E-state index < -0.39 is 0 Å². The lowest BCUT2D eigenvalue weighted by molar-refractivity contribution is 0.209. The van der Waals surface area contributed by atoms with Crippen molar-refractivity contribution in [2.75, 3.05) is 33.2 Å². The second-order valence-corrected chi connectivity index (χ2v) is 14.6. The van der Waals surface area contributed by atoms with Crippen molar-refractivity contribution in [3.8, 4) is 11.5 Å². The molecule has 54 heavy (non-hydrogen) atoms. The van der Waals surface area contributed by atoms with E-state index in [9.17, 15) is 0 Å². The van der Waals surface area contributed by atoms with Gasteiger partial charge in [-0.15, -0.1) is 0 Å². The topological polar surface area (TPSA) is 72.7 Å². The van der Waals surface area contributed by atoms with Crippen molar-refractivity contribution in [3.05, 3.63) is 161 Å². The molecule has 0 radical (unpaired) electrons. The Hall–Kier alpha value is -5.41. The standard InChI is InChI=1S/C46H50N6O2/c1-50-23-7-25-51(29-35-15-17-43-37(27-35)19-21-47-43)31-39-9-2-4-13-45(39)53-33-41-11-6-12-42(49-41)34-54-46-14-5-3-10-40(46)32-52(26-8-24-50)30-36-16-18-44-38(28-36)20-22-48-44/h2-6,9-22,27-28,47-48H,7-8,23-26,29-34H2,1H3. The first-order valence-electron chi connectivity index (χ1n) is 19.2. The van der Waals surface area contributed by atoms with Crippen LogP contribution in [0.1, 0.15) is 46.5 Å². The summed E-state index contributed by atoms with van der Waals surface area (Å²) >= 11 is 0. The van der Waals surface area contributed by atoms with Gasteiger partial charge in [-0.25, -0.2) is 0 Å². The predicted octanol–water partition coefficient (Wildman–Crippen LogP) is 8.93. The van der Waals surface area contributed by atoms with E-state index in [1.54, 1.807) is 0 Å². The lowest BCUT2D eigenvalue weighted by Crippen LogP contribution is -2.30. The van der Waals surface area contributed by atoms with Gasteiger partial charge < -0.3 is 24.3 Å². The van der Waals surface area contributed by atoms with Crippen LogP contribution in [0.2, 0.25) is 0 Å². The molecule has 8 nitrogen and oxygen atoms in total. The van der Waals surface area contributed by atoms with Gasteiger partial charge in [0.25, 0.3) is 0 Å². The van der Waals surface area contributed by atoms with Gasteiger partial charge in [0.2, 0.25) is 0 Å². The molecule has 2 bridgehead atoms. The van der Waals surface area contributed by atoms with Crippen molar-refractivity contribution in [1.82, 2.24) is 29.7 Å². The largest absolute Gasteiger partial charge is 0.487 e. The number of aromatic amines is 2. The maximum Gasteiger partial charge on any atom is 0.130 e. The molecule has 8 heteroatoms. The van der Waals surface area contributed by atoms with Crippen molar-refractivity contribution >= 4 is 21.8 Å². The summed E-state index contributed by atoms with van der Waals surface area (Å²) in [5.41, 5.74) is 9.10. The van der Waals surface area contributed by atoms with E-state index >= 15 is 0 Å². The van der Waals surface area contributed by atoms with E-state index in [2.05, 4.69) is 129 Å². The molecule has 276 valence electrons. The van der Waals surface area contributed by atoms with Gasteiger partial charge in [0.05, 0.1) is 11.4 Å². The SMILES string of the molecule is CN1CCCN(Cc2ccc3[nH]ccc3c2)Cc2ccccc2OCc2cccc(n2)COc2ccccc2CN(Cc2ccc3[nH]ccc3c2)CCC1. The molecule has 3 aromatic heterocycles. The Morgan fingerprint density at radius 1 is 0.556 bits per heavy atom. The molecular weight excluding hydrogens is 669 g/mol. The maximum atomic E-state index is 6.49. The number of rotatable bonds is 4. The molecule has 0 saturated heterocycles. The number of H-pyrrole nitrogens is 2. The molecule has 1 aliphatic rings. The van der Waals surface area contributed by atoms with Crippen molar-refractivity contribution in [1.29, 1.82) is 0 Å². The normalized spacial score (nSPS) is 16.1. The third kappa shape index (κ3) is 9.20. The fourth-order valence-electron chi connectivity index (χ4n) is 7.61. The third-order valence-corrected chi connectivity index (χ3v) is 10.4. The zero-order chi connectivity index (χ0) is 36.5. The molecule has 0 saturated carbocycles. The van der Waals surface area contributed by atoms with Crippen LogP contribution >= 0.6 is 0 Å². The number of pyridine rings is 1. The van der Waals surface area contributed by atoms with Crippen molar-refractivity contribution in [2.24, 2.45) is 0 Å². The lowest BCUT2D eigenvalue weighted by atomic mass is 10.1. The Morgan fingerprint density at radius 3 is 1.57 bits per heavy atom. The highest BCUT2D eigenvalue weighted by molar-refractivity contribution is 5.80. The number of fused-ring (bicyclic) bond motifs is 6. The van der Waals surface area contributed by atoms with Gasteiger partial charge in [0.15, 0.2) is 0 Å². The summed E-state index contributed by atoms with van der Waals surface area (Å²) in [7, 11) is 2.27. The average Bonchev–Trinajstić information content (AvgIpc) is 3.86. The van der Waals surface area contributed by atoms with Gasteiger partial charge >= 0.3 is 0 Å². The molecule has 0 unspecified atom stereocenters. The van der Waals surface area contributed by atoms with Crippen LogP contribution in [-0.4, -0.2) is 62.9 Å². The van der Waals surface area contributed by atoms with Gasteiger partial charge in [-0.1, -0.05) is 54.6 Å². The summed E-state index contributed by atoms with van der Waals surface area (Å²) < 4.78 is 13.0. The number of benzene rings is 4. The van der Waals surface area contributed by atoms with Crippen LogP contribution in [0.5, 0.6) is 11.5 Å². The number of para-hydroxylation sites is 2. The molecule has 0 amide bonds. The fourth-order valence-corrected chi connectivity index (χ4v) is 7.61. The zero-order valence-corrected chi connectivity index (χ0v) is 31.2. The second-order valence-electron chi connectivity index (χ2n) is 14.6. The molecule has 4 aromatic carbocycles. The number of hydrogen-bond donors (Lipinski definition) is 2. The summed E-state index contributed by atoms with van der Waals surface area (Å²) in [6.45, 7) is 8.16. The van der Waals surface area contributed by atoms with Crippen LogP contribution in [0.15, 0.2) is 128 Å².